The van der Waals surface area contributed by atoms with E-state index in [1.54, 1.807) is 16.9 Å². The summed E-state index contributed by atoms with van der Waals surface area (Å²) in [5, 5.41) is 11.6. The molecule has 0 aliphatic carbocycles. The van der Waals surface area contributed by atoms with Gasteiger partial charge in [0.15, 0.2) is 0 Å². The topological polar surface area (TPSA) is 59.7 Å². The van der Waals surface area contributed by atoms with E-state index in [9.17, 15) is 0 Å². The van der Waals surface area contributed by atoms with Crippen molar-refractivity contribution in [3.8, 4) is 11.5 Å². The van der Waals surface area contributed by atoms with Gasteiger partial charge < -0.3 is 4.90 Å². The summed E-state index contributed by atoms with van der Waals surface area (Å²) in [6.07, 6.45) is 1.60. The molecule has 7 heteroatoms. The van der Waals surface area contributed by atoms with E-state index >= 15 is 0 Å². The molecular formula is C10H13BN6. The van der Waals surface area contributed by atoms with Crippen molar-refractivity contribution in [2.75, 3.05) is 20.6 Å². The van der Waals surface area contributed by atoms with Crippen molar-refractivity contribution < 1.29 is 0 Å². The molecular weight excluding hydrogens is 215 g/mol. The van der Waals surface area contributed by atoms with Gasteiger partial charge in [-0.15, -0.1) is 5.10 Å². The maximum Gasteiger partial charge on any atom is 0.200 e. The fraction of sp³-hybridized carbons (Fsp3) is 0.400. The monoisotopic (exact) mass is 228 g/mol. The molecule has 2 aromatic rings. The van der Waals surface area contributed by atoms with E-state index in [1.807, 2.05) is 20.2 Å². The van der Waals surface area contributed by atoms with Crippen LogP contribution in [0.15, 0.2) is 18.3 Å². The Bertz CT molecular complexity index is 478. The van der Waals surface area contributed by atoms with Gasteiger partial charge in [-0.05, 0) is 30.6 Å². The molecule has 0 bridgehead atoms. The van der Waals surface area contributed by atoms with Crippen LogP contribution in [0.25, 0.3) is 11.5 Å². The third kappa shape index (κ3) is 2.88. The molecule has 2 radical (unpaired) electrons. The molecule has 0 atom stereocenters. The highest BCUT2D eigenvalue weighted by atomic mass is 15.5. The molecule has 2 aromatic heterocycles. The Morgan fingerprint density at radius 3 is 2.82 bits per heavy atom. The van der Waals surface area contributed by atoms with Gasteiger partial charge in [0.25, 0.3) is 0 Å². The largest absolute Gasteiger partial charge is 0.308 e. The second kappa shape index (κ2) is 5.05. The van der Waals surface area contributed by atoms with Crippen LogP contribution in [0.1, 0.15) is 0 Å². The van der Waals surface area contributed by atoms with Gasteiger partial charge in [0.05, 0.1) is 6.54 Å². The number of pyridine rings is 1. The number of tetrazole rings is 1. The minimum Gasteiger partial charge on any atom is -0.308 e. The third-order valence-corrected chi connectivity index (χ3v) is 2.31. The lowest BCUT2D eigenvalue weighted by atomic mass is 9.99. The van der Waals surface area contributed by atoms with Gasteiger partial charge in [-0.2, -0.15) is 0 Å². The van der Waals surface area contributed by atoms with Crippen LogP contribution in [0.2, 0.25) is 0 Å². The van der Waals surface area contributed by atoms with Gasteiger partial charge in [-0.1, -0.05) is 11.5 Å². The third-order valence-electron chi connectivity index (χ3n) is 2.31. The quantitative estimate of drug-likeness (QED) is 0.634. The highest BCUT2D eigenvalue weighted by Crippen LogP contribution is 2.10. The van der Waals surface area contributed by atoms with Gasteiger partial charge in [-0.25, -0.2) is 4.68 Å². The summed E-state index contributed by atoms with van der Waals surface area (Å²) in [4.78, 5) is 6.28. The number of aromatic nitrogens is 5. The molecule has 0 aliphatic rings. The molecule has 0 amide bonds. The number of hydrogen-bond acceptors (Lipinski definition) is 5. The first-order valence-electron chi connectivity index (χ1n) is 5.29. The number of nitrogens with zero attached hydrogens (tertiary/aromatic N) is 6. The molecule has 0 aromatic carbocycles. The normalized spacial score (nSPS) is 11.0. The second-order valence-corrected chi connectivity index (χ2v) is 4.01. The summed E-state index contributed by atoms with van der Waals surface area (Å²) >= 11 is 0. The first-order valence-corrected chi connectivity index (χ1v) is 5.29. The molecule has 0 spiro atoms. The first-order chi connectivity index (χ1) is 8.16. The summed E-state index contributed by atoms with van der Waals surface area (Å²) < 4.78 is 1.73. The second-order valence-electron chi connectivity index (χ2n) is 4.01. The van der Waals surface area contributed by atoms with Gasteiger partial charge in [0.2, 0.25) is 5.82 Å². The maximum absolute atomic E-state index is 5.59. The Hall–Kier alpha value is -1.76. The average molecular weight is 228 g/mol. The lowest BCUT2D eigenvalue weighted by Gasteiger charge is -2.09. The Morgan fingerprint density at radius 2 is 2.18 bits per heavy atom. The molecule has 2 heterocycles. The number of rotatable bonds is 4. The zero-order valence-corrected chi connectivity index (χ0v) is 9.91. The SMILES string of the molecule is [B]c1ccc(-c2nnnn2CCN(C)C)nc1. The van der Waals surface area contributed by atoms with Crippen LogP contribution >= 0.6 is 0 Å². The van der Waals surface area contributed by atoms with E-state index in [0.29, 0.717) is 11.3 Å². The molecule has 86 valence electrons. The molecule has 6 nitrogen and oxygen atoms in total. The molecule has 0 saturated heterocycles. The predicted octanol–water partition coefficient (Wildman–Crippen LogP) is -0.909. The zero-order valence-electron chi connectivity index (χ0n) is 9.91. The lowest BCUT2D eigenvalue weighted by Crippen LogP contribution is -2.19. The van der Waals surface area contributed by atoms with Crippen LogP contribution < -0.4 is 5.46 Å². The molecule has 0 N–H and O–H groups in total. The van der Waals surface area contributed by atoms with E-state index in [2.05, 4.69) is 25.4 Å². The molecule has 2 rings (SSSR count). The first kappa shape index (κ1) is 11.7. The Balaban J connectivity index is 2.21. The van der Waals surface area contributed by atoms with Crippen LogP contribution in [0.5, 0.6) is 0 Å². The van der Waals surface area contributed by atoms with Crippen molar-refractivity contribution in [3.63, 3.8) is 0 Å². The van der Waals surface area contributed by atoms with Gasteiger partial charge >= 0.3 is 0 Å². The smallest absolute Gasteiger partial charge is 0.200 e. The summed E-state index contributed by atoms with van der Waals surface area (Å²) in [7, 11) is 9.60. The fourth-order valence-corrected chi connectivity index (χ4v) is 1.37. The fourth-order valence-electron chi connectivity index (χ4n) is 1.37. The van der Waals surface area contributed by atoms with Crippen molar-refractivity contribution >= 4 is 13.3 Å². The molecule has 17 heavy (non-hydrogen) atoms. The zero-order chi connectivity index (χ0) is 12.3. The molecule has 0 aliphatic heterocycles. The molecule has 0 saturated carbocycles. The minimum atomic E-state index is 0.626. The predicted molar refractivity (Wildman–Crippen MR) is 65.0 cm³/mol. The van der Waals surface area contributed by atoms with Gasteiger partial charge in [0, 0.05) is 12.7 Å². The standard InChI is InChI=1S/C10H13BN6/c1-16(2)5-6-17-10(13-14-15-17)9-4-3-8(11)7-12-9/h3-4,7H,5-6H2,1-2H3. The van der Waals surface area contributed by atoms with Crippen LogP contribution in [-0.2, 0) is 6.54 Å². The van der Waals surface area contributed by atoms with Gasteiger partial charge in [-0.3, -0.25) is 4.98 Å². The van der Waals surface area contributed by atoms with Crippen LogP contribution in [0.4, 0.5) is 0 Å². The van der Waals surface area contributed by atoms with E-state index in [-0.39, 0.29) is 0 Å². The Morgan fingerprint density at radius 1 is 1.35 bits per heavy atom. The van der Waals surface area contributed by atoms with Crippen molar-refractivity contribution in [2.45, 2.75) is 6.54 Å². The lowest BCUT2D eigenvalue weighted by molar-refractivity contribution is 0.371. The van der Waals surface area contributed by atoms with E-state index in [4.69, 9.17) is 7.85 Å². The van der Waals surface area contributed by atoms with E-state index in [1.165, 1.54) is 0 Å². The van der Waals surface area contributed by atoms with Crippen molar-refractivity contribution in [3.05, 3.63) is 18.3 Å². The highest BCUT2D eigenvalue weighted by molar-refractivity contribution is 6.32. The highest BCUT2D eigenvalue weighted by Gasteiger charge is 2.09. The van der Waals surface area contributed by atoms with Crippen LogP contribution in [0.3, 0.4) is 0 Å². The number of hydrogen-bond donors (Lipinski definition) is 0. The van der Waals surface area contributed by atoms with Crippen molar-refractivity contribution in [1.29, 1.82) is 0 Å². The van der Waals surface area contributed by atoms with Crippen molar-refractivity contribution in [1.82, 2.24) is 30.1 Å². The number of likely N-dealkylation sites (N-methyl/N-ethyl adjacent to an activating group) is 1. The summed E-state index contributed by atoms with van der Waals surface area (Å²) in [5.41, 5.74) is 1.35. The Kier molecular flexibility index (Phi) is 3.48. The summed E-state index contributed by atoms with van der Waals surface area (Å²) in [5.74, 6) is 0.659. The average Bonchev–Trinajstić information content (AvgIpc) is 2.75. The summed E-state index contributed by atoms with van der Waals surface area (Å²) in [6, 6.07) is 3.60. The minimum absolute atomic E-state index is 0.626. The maximum atomic E-state index is 5.59. The molecule has 0 unspecified atom stereocenters. The van der Waals surface area contributed by atoms with Crippen LogP contribution in [-0.4, -0.2) is 58.6 Å². The van der Waals surface area contributed by atoms with E-state index in [0.717, 1.165) is 18.8 Å². The van der Waals surface area contributed by atoms with Crippen molar-refractivity contribution in [2.24, 2.45) is 0 Å². The van der Waals surface area contributed by atoms with Crippen LogP contribution in [0, 0.1) is 0 Å². The molecule has 0 fully saturated rings. The van der Waals surface area contributed by atoms with E-state index < -0.39 is 0 Å². The summed E-state index contributed by atoms with van der Waals surface area (Å²) in [6.45, 7) is 1.59. The Labute approximate surface area is 101 Å². The van der Waals surface area contributed by atoms with Gasteiger partial charge in [0.1, 0.15) is 13.5 Å².